The highest BCUT2D eigenvalue weighted by Crippen LogP contribution is 2.36. The second kappa shape index (κ2) is 7.97. The van der Waals surface area contributed by atoms with Crippen molar-refractivity contribution in [3.63, 3.8) is 0 Å². The number of anilines is 1. The molecular weight excluding hydrogens is 378 g/mol. The molecule has 0 aliphatic carbocycles. The summed E-state index contributed by atoms with van der Waals surface area (Å²) < 4.78 is 44.2. The van der Waals surface area contributed by atoms with Gasteiger partial charge in [0.15, 0.2) is 6.10 Å². The third-order valence-electron chi connectivity index (χ3n) is 3.29. The molecule has 0 aromatic heterocycles. The maximum absolute atomic E-state index is 12.9. The normalized spacial score (nSPS) is 12.6. The van der Waals surface area contributed by atoms with Gasteiger partial charge in [0.2, 0.25) is 0 Å². The molecule has 0 heterocycles. The second-order valence-corrected chi connectivity index (χ2v) is 5.99. The molecular formula is C17H14Cl2F3NO2. The number of hydrogen-bond donors (Lipinski definition) is 1. The van der Waals surface area contributed by atoms with Crippen LogP contribution >= 0.6 is 23.2 Å². The Kier molecular flexibility index (Phi) is 6.19. The minimum absolute atomic E-state index is 0.0140. The average Bonchev–Trinajstić information content (AvgIpc) is 2.55. The zero-order chi connectivity index (χ0) is 18.6. The number of halogens is 5. The predicted molar refractivity (Wildman–Crippen MR) is 91.2 cm³/mol. The van der Waals surface area contributed by atoms with Crippen molar-refractivity contribution in [3.8, 4) is 5.75 Å². The first-order valence-corrected chi connectivity index (χ1v) is 8.06. The van der Waals surface area contributed by atoms with E-state index in [0.29, 0.717) is 17.2 Å². The quantitative estimate of drug-likeness (QED) is 0.698. The van der Waals surface area contributed by atoms with Gasteiger partial charge in [-0.15, -0.1) is 0 Å². The van der Waals surface area contributed by atoms with Gasteiger partial charge in [0.25, 0.3) is 5.91 Å². The summed E-state index contributed by atoms with van der Waals surface area (Å²) in [5.74, 6) is -0.133. The Morgan fingerprint density at radius 3 is 2.36 bits per heavy atom. The molecule has 0 spiro atoms. The molecule has 0 bridgehead atoms. The zero-order valence-electron chi connectivity index (χ0n) is 13.0. The topological polar surface area (TPSA) is 38.3 Å². The highest BCUT2D eigenvalue weighted by atomic mass is 35.5. The van der Waals surface area contributed by atoms with Gasteiger partial charge < -0.3 is 10.1 Å². The lowest BCUT2D eigenvalue weighted by atomic mass is 10.1. The Morgan fingerprint density at radius 2 is 1.80 bits per heavy atom. The van der Waals surface area contributed by atoms with E-state index in [0.717, 1.165) is 12.1 Å². The van der Waals surface area contributed by atoms with Crippen molar-refractivity contribution in [1.82, 2.24) is 0 Å². The number of rotatable bonds is 5. The monoisotopic (exact) mass is 391 g/mol. The third kappa shape index (κ3) is 5.28. The molecule has 1 atom stereocenters. The zero-order valence-corrected chi connectivity index (χ0v) is 14.5. The first-order chi connectivity index (χ1) is 11.7. The van der Waals surface area contributed by atoms with Crippen LogP contribution in [0.4, 0.5) is 18.9 Å². The minimum atomic E-state index is -4.61. The maximum atomic E-state index is 12.9. The molecule has 8 heteroatoms. The number of carbonyl (C=O) groups excluding carboxylic acids is 1. The van der Waals surface area contributed by atoms with Gasteiger partial charge >= 0.3 is 6.18 Å². The standard InChI is InChI=1S/C17H14Cl2F3NO2/c1-2-15(25-12-6-3-10(18)4-7-12)16(24)23-11-5-8-14(19)13(9-11)17(20,21)22/h3-9,15H,2H2,1H3,(H,23,24)/t15-/m0/s1. The molecule has 0 aliphatic heterocycles. The van der Waals surface area contributed by atoms with Crippen LogP contribution in [0.3, 0.4) is 0 Å². The molecule has 2 aromatic carbocycles. The first kappa shape index (κ1) is 19.4. The maximum Gasteiger partial charge on any atom is 0.417 e. The van der Waals surface area contributed by atoms with E-state index in [2.05, 4.69) is 5.32 Å². The molecule has 1 N–H and O–H groups in total. The summed E-state index contributed by atoms with van der Waals surface area (Å²) in [7, 11) is 0. The van der Waals surface area contributed by atoms with Crippen LogP contribution in [0.5, 0.6) is 5.75 Å². The summed E-state index contributed by atoms with van der Waals surface area (Å²) in [5, 5.41) is 2.50. The number of benzene rings is 2. The molecule has 0 unspecified atom stereocenters. The van der Waals surface area contributed by atoms with E-state index in [1.165, 1.54) is 6.07 Å². The van der Waals surface area contributed by atoms with E-state index in [1.807, 2.05) is 0 Å². The Bertz CT molecular complexity index is 749. The van der Waals surface area contributed by atoms with E-state index >= 15 is 0 Å². The number of nitrogens with one attached hydrogen (secondary N) is 1. The van der Waals surface area contributed by atoms with Crippen molar-refractivity contribution < 1.29 is 22.7 Å². The molecule has 2 rings (SSSR count). The molecule has 25 heavy (non-hydrogen) atoms. The van der Waals surface area contributed by atoms with Gasteiger partial charge in [-0.2, -0.15) is 13.2 Å². The molecule has 0 saturated carbocycles. The number of alkyl halides is 3. The van der Waals surface area contributed by atoms with Crippen LogP contribution < -0.4 is 10.1 Å². The lowest BCUT2D eigenvalue weighted by Gasteiger charge is -2.18. The Morgan fingerprint density at radius 1 is 1.16 bits per heavy atom. The van der Waals surface area contributed by atoms with Gasteiger partial charge in [-0.05, 0) is 48.9 Å². The van der Waals surface area contributed by atoms with E-state index in [-0.39, 0.29) is 5.69 Å². The van der Waals surface area contributed by atoms with Crippen molar-refractivity contribution in [2.75, 3.05) is 5.32 Å². The van der Waals surface area contributed by atoms with Crippen molar-refractivity contribution in [2.45, 2.75) is 25.6 Å². The number of ether oxygens (including phenoxy) is 1. The molecule has 2 aromatic rings. The largest absolute Gasteiger partial charge is 0.481 e. The van der Waals surface area contributed by atoms with E-state index in [9.17, 15) is 18.0 Å². The first-order valence-electron chi connectivity index (χ1n) is 7.30. The van der Waals surface area contributed by atoms with Crippen LogP contribution in [-0.4, -0.2) is 12.0 Å². The van der Waals surface area contributed by atoms with Crippen LogP contribution in [0.25, 0.3) is 0 Å². The summed E-state index contributed by atoms with van der Waals surface area (Å²) in [6.07, 6.45) is -5.15. The molecule has 1 amide bonds. The van der Waals surface area contributed by atoms with E-state index in [4.69, 9.17) is 27.9 Å². The van der Waals surface area contributed by atoms with Gasteiger partial charge in [0.05, 0.1) is 10.6 Å². The minimum Gasteiger partial charge on any atom is -0.481 e. The van der Waals surface area contributed by atoms with Crippen LogP contribution in [0.2, 0.25) is 10.0 Å². The molecule has 134 valence electrons. The van der Waals surface area contributed by atoms with Crippen LogP contribution in [0.15, 0.2) is 42.5 Å². The Hall–Kier alpha value is -1.92. The molecule has 0 saturated heterocycles. The smallest absolute Gasteiger partial charge is 0.417 e. The van der Waals surface area contributed by atoms with Gasteiger partial charge in [-0.3, -0.25) is 4.79 Å². The fourth-order valence-electron chi connectivity index (χ4n) is 2.04. The SMILES string of the molecule is CC[C@H](Oc1ccc(Cl)cc1)C(=O)Nc1ccc(Cl)c(C(F)(F)F)c1. The van der Waals surface area contributed by atoms with Crippen molar-refractivity contribution in [1.29, 1.82) is 0 Å². The lowest BCUT2D eigenvalue weighted by Crippen LogP contribution is -2.32. The van der Waals surface area contributed by atoms with E-state index in [1.54, 1.807) is 31.2 Å². The highest BCUT2D eigenvalue weighted by Gasteiger charge is 2.33. The summed E-state index contributed by atoms with van der Waals surface area (Å²) >= 11 is 11.3. The van der Waals surface area contributed by atoms with Crippen molar-refractivity contribution in [2.24, 2.45) is 0 Å². The van der Waals surface area contributed by atoms with Crippen molar-refractivity contribution in [3.05, 3.63) is 58.1 Å². The third-order valence-corrected chi connectivity index (χ3v) is 3.88. The fourth-order valence-corrected chi connectivity index (χ4v) is 2.39. The summed E-state index contributed by atoms with van der Waals surface area (Å²) in [6, 6.07) is 9.58. The average molecular weight is 392 g/mol. The summed E-state index contributed by atoms with van der Waals surface area (Å²) in [6.45, 7) is 1.73. The lowest BCUT2D eigenvalue weighted by molar-refractivity contribution is -0.137. The second-order valence-electron chi connectivity index (χ2n) is 5.15. The fraction of sp³-hybridized carbons (Fsp3) is 0.235. The molecule has 0 aliphatic rings. The predicted octanol–water partition coefficient (Wildman–Crippen LogP) is 5.81. The summed E-state index contributed by atoms with van der Waals surface area (Å²) in [5.41, 5.74) is -1.03. The van der Waals surface area contributed by atoms with Gasteiger partial charge in [0, 0.05) is 10.7 Å². The highest BCUT2D eigenvalue weighted by molar-refractivity contribution is 6.31. The van der Waals surface area contributed by atoms with Crippen LogP contribution in [-0.2, 0) is 11.0 Å². The van der Waals surface area contributed by atoms with Gasteiger partial charge in [0.1, 0.15) is 5.75 Å². The van der Waals surface area contributed by atoms with Crippen molar-refractivity contribution >= 4 is 34.8 Å². The molecule has 0 fully saturated rings. The van der Waals surface area contributed by atoms with Gasteiger partial charge in [-0.25, -0.2) is 0 Å². The molecule has 3 nitrogen and oxygen atoms in total. The Balaban J connectivity index is 2.12. The number of amides is 1. The summed E-state index contributed by atoms with van der Waals surface area (Å²) in [4.78, 5) is 12.3. The molecule has 0 radical (unpaired) electrons. The van der Waals surface area contributed by atoms with Crippen LogP contribution in [0.1, 0.15) is 18.9 Å². The number of hydrogen-bond acceptors (Lipinski definition) is 2. The number of carbonyl (C=O) groups is 1. The van der Waals surface area contributed by atoms with Gasteiger partial charge in [-0.1, -0.05) is 30.1 Å². The van der Waals surface area contributed by atoms with E-state index < -0.39 is 28.8 Å². The Labute approximate surface area is 152 Å². The van der Waals surface area contributed by atoms with Crippen LogP contribution in [0, 0.1) is 0 Å².